The Balaban J connectivity index is 1.83. The number of halogens is 2. The number of amides is 1. The van der Waals surface area contributed by atoms with Gasteiger partial charge in [-0.05, 0) is 79.2 Å². The molecule has 1 aromatic heterocycles. The zero-order valence-corrected chi connectivity index (χ0v) is 17.9. The highest BCUT2D eigenvalue weighted by Crippen LogP contribution is 2.45. The monoisotopic (exact) mass is 450 g/mol. The normalized spacial score (nSPS) is 25.3. The van der Waals surface area contributed by atoms with Gasteiger partial charge >= 0.3 is 0 Å². The third kappa shape index (κ3) is 3.24. The van der Waals surface area contributed by atoms with Crippen LogP contribution in [-0.4, -0.2) is 32.6 Å². The molecule has 1 unspecified atom stereocenters. The van der Waals surface area contributed by atoms with E-state index in [0.717, 1.165) is 47.1 Å². The first-order valence-corrected chi connectivity index (χ1v) is 10.7. The van der Waals surface area contributed by atoms with Crippen molar-refractivity contribution in [3.05, 3.63) is 56.8 Å². The van der Waals surface area contributed by atoms with E-state index in [1.54, 1.807) is 0 Å². The summed E-state index contributed by atoms with van der Waals surface area (Å²) in [4.78, 5) is 15.5. The van der Waals surface area contributed by atoms with Crippen molar-refractivity contribution < 1.29 is 9.90 Å². The van der Waals surface area contributed by atoms with Gasteiger partial charge in [0, 0.05) is 17.1 Å². The smallest absolute Gasteiger partial charge is 0.256 e. The van der Waals surface area contributed by atoms with E-state index in [-0.39, 0.29) is 30.1 Å². The van der Waals surface area contributed by atoms with Crippen LogP contribution in [0.25, 0.3) is 0 Å². The quantitative estimate of drug-likeness (QED) is 0.685. The number of rotatable bonds is 3. The van der Waals surface area contributed by atoms with Crippen molar-refractivity contribution in [2.45, 2.75) is 63.8 Å². The van der Waals surface area contributed by atoms with E-state index in [1.165, 1.54) is 0 Å². The Kier molecular flexibility index (Phi) is 5.12. The van der Waals surface area contributed by atoms with Crippen LogP contribution in [0.3, 0.4) is 0 Å². The van der Waals surface area contributed by atoms with Crippen molar-refractivity contribution in [3.63, 3.8) is 0 Å². The molecule has 27 heavy (non-hydrogen) atoms. The van der Waals surface area contributed by atoms with Crippen LogP contribution in [0, 0.1) is 0 Å². The largest absolute Gasteiger partial charge is 0.393 e. The van der Waals surface area contributed by atoms with E-state index in [1.807, 2.05) is 35.2 Å². The Labute approximate surface area is 173 Å². The zero-order chi connectivity index (χ0) is 19.3. The summed E-state index contributed by atoms with van der Waals surface area (Å²) in [5.74, 6) is 0.0893. The second-order valence-corrected chi connectivity index (χ2v) is 9.11. The highest BCUT2D eigenvalue weighted by Gasteiger charge is 2.45. The van der Waals surface area contributed by atoms with Gasteiger partial charge in [-0.3, -0.25) is 4.79 Å². The minimum Gasteiger partial charge on any atom is -0.393 e. The van der Waals surface area contributed by atoms with Crippen LogP contribution in [0.5, 0.6) is 0 Å². The van der Waals surface area contributed by atoms with E-state index in [9.17, 15) is 9.90 Å². The van der Waals surface area contributed by atoms with Crippen LogP contribution in [0.4, 0.5) is 0 Å². The molecule has 1 aliphatic heterocycles. The third-order valence-electron chi connectivity index (χ3n) is 5.79. The van der Waals surface area contributed by atoms with Crippen molar-refractivity contribution in [3.8, 4) is 0 Å². The fraction of sp³-hybridized carbons (Fsp3) is 0.476. The average Bonchev–Trinajstić information content (AvgIpc) is 3.10. The van der Waals surface area contributed by atoms with Gasteiger partial charge in [0.2, 0.25) is 0 Å². The maximum atomic E-state index is 13.4. The van der Waals surface area contributed by atoms with Gasteiger partial charge in [0.05, 0.1) is 28.0 Å². The molecule has 6 heteroatoms. The highest BCUT2D eigenvalue weighted by molar-refractivity contribution is 9.10. The Hall–Kier alpha value is -1.30. The summed E-state index contributed by atoms with van der Waals surface area (Å²) in [6, 6.07) is 10.0. The molecule has 1 aliphatic carbocycles. The Morgan fingerprint density at radius 3 is 2.37 bits per heavy atom. The van der Waals surface area contributed by atoms with Crippen molar-refractivity contribution in [1.29, 1.82) is 0 Å². The molecule has 4 rings (SSSR count). The Bertz CT molecular complexity index is 854. The van der Waals surface area contributed by atoms with E-state index >= 15 is 0 Å². The minimum atomic E-state index is -0.242. The first-order valence-electron chi connectivity index (χ1n) is 9.55. The predicted octanol–water partition coefficient (Wildman–Crippen LogP) is 5.33. The maximum absolute atomic E-state index is 13.4. The molecule has 1 aromatic carbocycles. The summed E-state index contributed by atoms with van der Waals surface area (Å²) in [6.07, 6.45) is 2.93. The molecule has 1 N–H and O–H groups in total. The maximum Gasteiger partial charge on any atom is 0.256 e. The molecular weight excluding hydrogens is 428 g/mol. The van der Waals surface area contributed by atoms with E-state index in [2.05, 4.69) is 34.3 Å². The molecule has 2 aromatic rings. The molecule has 1 saturated carbocycles. The first-order chi connectivity index (χ1) is 12.9. The summed E-state index contributed by atoms with van der Waals surface area (Å²) in [5, 5.41) is 10.6. The summed E-state index contributed by atoms with van der Waals surface area (Å²) >= 11 is 9.76. The number of hydrogen-bond acceptors (Lipinski definition) is 2. The zero-order valence-electron chi connectivity index (χ0n) is 15.5. The van der Waals surface area contributed by atoms with Crippen molar-refractivity contribution in [2.75, 3.05) is 0 Å². The van der Waals surface area contributed by atoms with Crippen LogP contribution in [0.1, 0.15) is 73.2 Å². The summed E-state index contributed by atoms with van der Waals surface area (Å²) in [7, 11) is 0. The van der Waals surface area contributed by atoms with Gasteiger partial charge in [0.15, 0.2) is 0 Å². The number of fused-ring (bicyclic) bond motifs is 1. The fourth-order valence-electron chi connectivity index (χ4n) is 4.55. The van der Waals surface area contributed by atoms with Crippen LogP contribution >= 0.6 is 27.5 Å². The summed E-state index contributed by atoms with van der Waals surface area (Å²) in [5.41, 5.74) is 2.90. The van der Waals surface area contributed by atoms with Gasteiger partial charge in [-0.1, -0.05) is 23.7 Å². The standard InChI is InChI=1S/C21H24BrClN2O2/c1-12(2)24-18(22)11-17-20(24)19(13-3-5-14(23)6-4-13)25(21(17)27)15-7-9-16(26)10-8-15/h3-6,11-12,15-16,19,26H,7-10H2,1-2H3. The molecule has 0 radical (unpaired) electrons. The van der Waals surface area contributed by atoms with Gasteiger partial charge in [0.25, 0.3) is 5.91 Å². The van der Waals surface area contributed by atoms with Crippen molar-refractivity contribution in [2.24, 2.45) is 0 Å². The van der Waals surface area contributed by atoms with Crippen molar-refractivity contribution >= 4 is 33.4 Å². The number of nitrogens with zero attached hydrogens (tertiary/aromatic N) is 2. The predicted molar refractivity (Wildman–Crippen MR) is 110 cm³/mol. The number of aromatic nitrogens is 1. The number of aliphatic hydroxyl groups excluding tert-OH is 1. The van der Waals surface area contributed by atoms with E-state index in [4.69, 9.17) is 11.6 Å². The van der Waals surface area contributed by atoms with E-state index in [0.29, 0.717) is 5.02 Å². The molecule has 0 bridgehead atoms. The van der Waals surface area contributed by atoms with Crippen LogP contribution < -0.4 is 0 Å². The lowest BCUT2D eigenvalue weighted by molar-refractivity contribution is 0.0457. The molecular formula is C21H24BrClN2O2. The Morgan fingerprint density at radius 1 is 1.15 bits per heavy atom. The molecule has 1 atom stereocenters. The summed E-state index contributed by atoms with van der Waals surface area (Å²) < 4.78 is 3.15. The molecule has 1 amide bonds. The van der Waals surface area contributed by atoms with Gasteiger partial charge in [-0.15, -0.1) is 0 Å². The summed E-state index contributed by atoms with van der Waals surface area (Å²) in [6.45, 7) is 4.27. The molecule has 0 saturated heterocycles. The number of aliphatic hydroxyl groups is 1. The number of hydrogen-bond donors (Lipinski definition) is 1. The average molecular weight is 452 g/mol. The fourth-order valence-corrected chi connectivity index (χ4v) is 5.50. The van der Waals surface area contributed by atoms with E-state index < -0.39 is 0 Å². The lowest BCUT2D eigenvalue weighted by atomic mass is 9.90. The molecule has 4 nitrogen and oxygen atoms in total. The van der Waals surface area contributed by atoms with Gasteiger partial charge in [0.1, 0.15) is 0 Å². The van der Waals surface area contributed by atoms with Gasteiger partial charge in [-0.25, -0.2) is 0 Å². The molecule has 2 heterocycles. The molecule has 0 spiro atoms. The van der Waals surface area contributed by atoms with Crippen LogP contribution in [-0.2, 0) is 0 Å². The van der Waals surface area contributed by atoms with Gasteiger partial charge in [-0.2, -0.15) is 0 Å². The topological polar surface area (TPSA) is 45.5 Å². The second-order valence-electron chi connectivity index (χ2n) is 7.86. The molecule has 2 aliphatic rings. The van der Waals surface area contributed by atoms with Gasteiger partial charge < -0.3 is 14.6 Å². The SMILES string of the molecule is CC(C)n1c(Br)cc2c1C(c1ccc(Cl)cc1)N(C1CCC(O)CC1)C2=O. The van der Waals surface area contributed by atoms with Crippen LogP contribution in [0.15, 0.2) is 34.9 Å². The molecule has 1 fully saturated rings. The Morgan fingerprint density at radius 2 is 1.78 bits per heavy atom. The third-order valence-corrected chi connectivity index (χ3v) is 6.66. The second kappa shape index (κ2) is 7.26. The number of carbonyl (C=O) groups excluding carboxylic acids is 1. The first kappa shape index (κ1) is 19.0. The number of benzene rings is 1. The molecule has 144 valence electrons. The van der Waals surface area contributed by atoms with Crippen molar-refractivity contribution in [1.82, 2.24) is 9.47 Å². The minimum absolute atomic E-state index is 0.0893. The lowest BCUT2D eigenvalue weighted by Crippen LogP contribution is -2.42. The lowest BCUT2D eigenvalue weighted by Gasteiger charge is -2.38. The number of carbonyl (C=O) groups is 1. The van der Waals surface area contributed by atoms with Crippen LogP contribution in [0.2, 0.25) is 5.02 Å². The highest BCUT2D eigenvalue weighted by atomic mass is 79.9.